The number of amides is 1. The molecule has 0 radical (unpaired) electrons. The molecule has 1 aromatic rings. The molecule has 0 aliphatic rings. The first-order valence-electron chi connectivity index (χ1n) is 7.57. The van der Waals surface area contributed by atoms with Gasteiger partial charge in [0.25, 0.3) is 5.91 Å². The quantitative estimate of drug-likeness (QED) is 0.229. The van der Waals surface area contributed by atoms with E-state index in [2.05, 4.69) is 4.52 Å². The molecule has 0 bridgehead atoms. The van der Waals surface area contributed by atoms with E-state index in [0.717, 1.165) is 0 Å². The number of hydrogen-bond acceptors (Lipinski definition) is 8. The minimum atomic E-state index is -4.79. The number of aliphatic carboxylic acids is 2. The smallest absolute Gasteiger partial charge is 0.766 e. The van der Waals surface area contributed by atoms with Gasteiger partial charge in [-0.3, -0.25) is 9.36 Å². The van der Waals surface area contributed by atoms with Crippen LogP contribution in [0.3, 0.4) is 0 Å². The Bertz CT molecular complexity index is 695. The van der Waals surface area contributed by atoms with Gasteiger partial charge in [-0.05, 0) is 25.0 Å². The molecule has 0 aromatic heterocycles. The molecule has 1 amide bonds. The van der Waals surface area contributed by atoms with Crippen LogP contribution in [-0.4, -0.2) is 49.0 Å². The molecule has 0 fully saturated rings. The molecule has 1 rings (SSSR count). The van der Waals surface area contributed by atoms with Crippen molar-refractivity contribution in [2.45, 2.75) is 18.9 Å². The second-order valence-electron chi connectivity index (χ2n) is 5.33. The molecule has 1 aromatic carbocycles. The summed E-state index contributed by atoms with van der Waals surface area (Å²) in [4.78, 5) is 46.3. The number of likely N-dealkylation sites (N-methyl/N-ethyl adjacent to an activating group) is 1. The van der Waals surface area contributed by atoms with Gasteiger partial charge in [0.15, 0.2) is 0 Å². The van der Waals surface area contributed by atoms with Crippen molar-refractivity contribution in [3.8, 4) is 0 Å². The molecule has 14 heteroatoms. The number of carbonyl (C=O) groups excluding carboxylic acids is 3. The van der Waals surface area contributed by atoms with Crippen LogP contribution in [0.2, 0.25) is 0 Å². The second-order valence-corrected chi connectivity index (χ2v) is 6.85. The number of carboxylic acids is 2. The zero-order valence-corrected chi connectivity index (χ0v) is 27.2. The van der Waals surface area contributed by atoms with Gasteiger partial charge in [-0.2, -0.15) is 0 Å². The van der Waals surface area contributed by atoms with Gasteiger partial charge in [0.05, 0.1) is 18.6 Å². The van der Waals surface area contributed by atoms with Crippen LogP contribution < -0.4 is 174 Å². The summed E-state index contributed by atoms with van der Waals surface area (Å²) in [6.45, 7) is -0.486. The molecular formula is C15H18K3N2O8P. The van der Waals surface area contributed by atoms with E-state index in [1.165, 1.54) is 11.9 Å². The fraction of sp³-hybridized carbons (Fsp3) is 0.400. The first-order valence-corrected chi connectivity index (χ1v) is 9.11. The topological polar surface area (TPSA) is 162 Å². The van der Waals surface area contributed by atoms with E-state index in [1.54, 1.807) is 35.4 Å². The van der Waals surface area contributed by atoms with E-state index in [0.29, 0.717) is 5.56 Å². The molecule has 0 aliphatic carbocycles. The SMILES string of the molecule is CN(CCOP(=O)([O-])N[C@@H](CCC(=O)[O-])C(=O)[O-])C(=O)c1ccccc1.[K+].[K+].[K+]. The van der Waals surface area contributed by atoms with Crippen molar-refractivity contribution in [2.24, 2.45) is 0 Å². The molecule has 0 saturated carbocycles. The molecule has 2 atom stereocenters. The minimum Gasteiger partial charge on any atom is -0.766 e. The molecular weight excluding hydrogens is 484 g/mol. The van der Waals surface area contributed by atoms with Crippen LogP contribution in [0.1, 0.15) is 23.2 Å². The van der Waals surface area contributed by atoms with Crippen molar-refractivity contribution >= 4 is 25.6 Å². The maximum Gasteiger partial charge on any atom is 1.00 e. The minimum absolute atomic E-state index is 0. The summed E-state index contributed by atoms with van der Waals surface area (Å²) in [7, 11) is -3.34. The van der Waals surface area contributed by atoms with Crippen molar-refractivity contribution in [1.29, 1.82) is 0 Å². The van der Waals surface area contributed by atoms with E-state index >= 15 is 0 Å². The predicted octanol–water partition coefficient (Wildman–Crippen LogP) is -11.5. The van der Waals surface area contributed by atoms with Crippen molar-refractivity contribution in [2.75, 3.05) is 20.2 Å². The Morgan fingerprint density at radius 3 is 2.17 bits per heavy atom. The Balaban J connectivity index is -0.00000225. The third-order valence-corrected chi connectivity index (χ3v) is 4.44. The van der Waals surface area contributed by atoms with Crippen LogP contribution in [0, 0.1) is 0 Å². The molecule has 0 aliphatic heterocycles. The number of carboxylic acid groups (broad SMARTS) is 2. The summed E-state index contributed by atoms with van der Waals surface area (Å²) in [6, 6.07) is 6.54. The van der Waals surface area contributed by atoms with Crippen molar-refractivity contribution < 1.29 is 193 Å². The maximum absolute atomic E-state index is 12.1. The van der Waals surface area contributed by atoms with Gasteiger partial charge in [-0.25, -0.2) is 5.09 Å². The summed E-state index contributed by atoms with van der Waals surface area (Å²) in [5.74, 6) is -3.66. The van der Waals surface area contributed by atoms with Gasteiger partial charge in [-0.1, -0.05) is 18.2 Å². The van der Waals surface area contributed by atoms with Gasteiger partial charge in [0.2, 0.25) is 7.75 Å². The van der Waals surface area contributed by atoms with Crippen molar-refractivity contribution in [3.05, 3.63) is 35.9 Å². The van der Waals surface area contributed by atoms with E-state index in [4.69, 9.17) is 0 Å². The summed E-state index contributed by atoms with van der Waals surface area (Å²) in [6.07, 6.45) is -1.22. The van der Waals surface area contributed by atoms with Gasteiger partial charge < -0.3 is 34.1 Å². The van der Waals surface area contributed by atoms with Crippen LogP contribution in [0.5, 0.6) is 0 Å². The third-order valence-electron chi connectivity index (χ3n) is 3.29. The summed E-state index contributed by atoms with van der Waals surface area (Å²) >= 11 is 0. The fourth-order valence-electron chi connectivity index (χ4n) is 1.93. The van der Waals surface area contributed by atoms with Crippen LogP contribution in [0.4, 0.5) is 0 Å². The Morgan fingerprint density at radius 1 is 1.14 bits per heavy atom. The molecule has 0 heterocycles. The number of carbonyl (C=O) groups is 3. The number of benzene rings is 1. The first-order chi connectivity index (χ1) is 12.1. The molecule has 29 heavy (non-hydrogen) atoms. The Morgan fingerprint density at radius 2 is 1.69 bits per heavy atom. The molecule has 144 valence electrons. The van der Waals surface area contributed by atoms with Gasteiger partial charge in [-0.15, -0.1) is 0 Å². The predicted molar refractivity (Wildman–Crippen MR) is 83.1 cm³/mol. The van der Waals surface area contributed by atoms with Gasteiger partial charge in [0.1, 0.15) is 0 Å². The van der Waals surface area contributed by atoms with Crippen molar-refractivity contribution in [3.63, 3.8) is 0 Å². The van der Waals surface area contributed by atoms with Gasteiger partial charge >= 0.3 is 154 Å². The van der Waals surface area contributed by atoms with Crippen LogP contribution in [-0.2, 0) is 18.7 Å². The van der Waals surface area contributed by atoms with Crippen LogP contribution in [0.15, 0.2) is 30.3 Å². The van der Waals surface area contributed by atoms with E-state index in [9.17, 15) is 34.1 Å². The van der Waals surface area contributed by atoms with Crippen LogP contribution in [0.25, 0.3) is 0 Å². The summed E-state index contributed by atoms with van der Waals surface area (Å²) < 4.78 is 16.4. The first kappa shape index (κ1) is 36.2. The van der Waals surface area contributed by atoms with E-state index in [1.807, 2.05) is 0 Å². The van der Waals surface area contributed by atoms with Crippen LogP contribution >= 0.6 is 7.75 Å². The Hall–Kier alpha value is 2.65. The molecule has 0 saturated heterocycles. The fourth-order valence-corrected chi connectivity index (χ4v) is 2.94. The number of nitrogens with one attached hydrogen (secondary N) is 1. The van der Waals surface area contributed by atoms with Crippen molar-refractivity contribution in [1.82, 2.24) is 9.99 Å². The zero-order chi connectivity index (χ0) is 19.7. The zero-order valence-electron chi connectivity index (χ0n) is 17.0. The Labute approximate surface area is 296 Å². The average molecular weight is 503 g/mol. The van der Waals surface area contributed by atoms with Gasteiger partial charge in [0, 0.05) is 25.1 Å². The number of nitrogens with zero attached hydrogens (tertiary/aromatic N) is 1. The van der Waals surface area contributed by atoms with E-state index in [-0.39, 0.29) is 167 Å². The normalized spacial score (nSPS) is 12.8. The molecule has 1 unspecified atom stereocenters. The Kier molecular flexibility index (Phi) is 23.7. The van der Waals surface area contributed by atoms with E-state index < -0.39 is 45.2 Å². The standard InChI is InChI=1S/C15H21N2O8P.3K/c1-17(14(20)11-5-3-2-4-6-11)9-10-25-26(23,24)16-12(15(21)22)7-8-13(18)19;;;/h2-6,12H,7-10H2,1H3,(H,18,19)(H,21,22)(H2,16,23,24);;;/q;3*+1/p-3/t12-;;;/m0.../s1. The second kappa shape index (κ2) is 19.0. The maximum atomic E-state index is 12.1. The molecule has 1 N–H and O–H groups in total. The average Bonchev–Trinajstić information content (AvgIpc) is 2.58. The third kappa shape index (κ3) is 16.0. The monoisotopic (exact) mass is 502 g/mol. The summed E-state index contributed by atoms with van der Waals surface area (Å²) in [5, 5.41) is 22.9. The number of rotatable bonds is 11. The number of hydrogen-bond donors (Lipinski definition) is 1. The largest absolute Gasteiger partial charge is 1.00 e. The molecule has 0 spiro atoms. The summed E-state index contributed by atoms with van der Waals surface area (Å²) in [5.41, 5.74) is 0.415. The molecule has 10 nitrogen and oxygen atoms in total.